The first-order valence-electron chi connectivity index (χ1n) is 7.80. The summed E-state index contributed by atoms with van der Waals surface area (Å²) in [5.41, 5.74) is 0. The predicted octanol–water partition coefficient (Wildman–Crippen LogP) is 3.17. The van der Waals surface area contributed by atoms with Gasteiger partial charge in [0.1, 0.15) is 0 Å². The summed E-state index contributed by atoms with van der Waals surface area (Å²) in [5, 5.41) is 3.78. The fourth-order valence-electron chi connectivity index (χ4n) is 3.09. The van der Waals surface area contributed by atoms with Crippen molar-refractivity contribution in [3.63, 3.8) is 0 Å². The SMILES string of the molecule is CCCCN(C(C)CNC1CCCC1)C1CC1. The Bertz CT molecular complexity index is 207. The molecule has 1 unspecified atom stereocenters. The fraction of sp³-hybridized carbons (Fsp3) is 1.00. The number of nitrogens with zero attached hydrogens (tertiary/aromatic N) is 1. The molecule has 2 nitrogen and oxygen atoms in total. The summed E-state index contributed by atoms with van der Waals surface area (Å²) in [5.74, 6) is 0. The molecule has 0 saturated heterocycles. The maximum Gasteiger partial charge on any atom is 0.0195 e. The average Bonchev–Trinajstić information content (AvgIpc) is 3.03. The van der Waals surface area contributed by atoms with Crippen LogP contribution in [0.3, 0.4) is 0 Å². The molecule has 2 fully saturated rings. The third-order valence-electron chi connectivity index (χ3n) is 4.41. The monoisotopic (exact) mass is 238 g/mol. The van der Waals surface area contributed by atoms with Crippen molar-refractivity contribution < 1.29 is 0 Å². The molecule has 0 heterocycles. The molecule has 0 aliphatic heterocycles. The van der Waals surface area contributed by atoms with Crippen LogP contribution < -0.4 is 5.32 Å². The van der Waals surface area contributed by atoms with Crippen LogP contribution in [0.25, 0.3) is 0 Å². The quantitative estimate of drug-likeness (QED) is 0.699. The van der Waals surface area contributed by atoms with Gasteiger partial charge in [-0.15, -0.1) is 0 Å². The number of rotatable bonds is 8. The lowest BCUT2D eigenvalue weighted by Crippen LogP contribution is -2.44. The first-order valence-corrected chi connectivity index (χ1v) is 7.80. The maximum absolute atomic E-state index is 3.78. The molecule has 2 aliphatic carbocycles. The van der Waals surface area contributed by atoms with Crippen molar-refractivity contribution in [2.45, 2.75) is 83.3 Å². The Hall–Kier alpha value is -0.0800. The van der Waals surface area contributed by atoms with Crippen LogP contribution in [0.4, 0.5) is 0 Å². The third kappa shape index (κ3) is 4.26. The Morgan fingerprint density at radius 3 is 2.47 bits per heavy atom. The minimum atomic E-state index is 0.731. The molecule has 1 atom stereocenters. The van der Waals surface area contributed by atoms with Crippen molar-refractivity contribution in [2.75, 3.05) is 13.1 Å². The summed E-state index contributed by atoms with van der Waals surface area (Å²) in [6.07, 6.45) is 11.3. The summed E-state index contributed by atoms with van der Waals surface area (Å²) in [6.45, 7) is 7.22. The molecule has 0 bridgehead atoms. The molecule has 17 heavy (non-hydrogen) atoms. The Kier molecular flexibility index (Phi) is 5.30. The van der Waals surface area contributed by atoms with Gasteiger partial charge in [0.2, 0.25) is 0 Å². The number of hydrogen-bond donors (Lipinski definition) is 1. The van der Waals surface area contributed by atoms with Crippen LogP contribution in [-0.4, -0.2) is 36.1 Å². The minimum absolute atomic E-state index is 0.731. The Balaban J connectivity index is 1.69. The molecule has 100 valence electrons. The van der Waals surface area contributed by atoms with Gasteiger partial charge in [-0.25, -0.2) is 0 Å². The van der Waals surface area contributed by atoms with Crippen LogP contribution in [0.2, 0.25) is 0 Å². The van der Waals surface area contributed by atoms with E-state index >= 15 is 0 Å². The van der Waals surface area contributed by atoms with E-state index in [1.54, 1.807) is 0 Å². The molecule has 2 aliphatic rings. The summed E-state index contributed by atoms with van der Waals surface area (Å²) >= 11 is 0. The summed E-state index contributed by atoms with van der Waals surface area (Å²) in [4.78, 5) is 2.76. The van der Waals surface area contributed by atoms with Gasteiger partial charge in [0.25, 0.3) is 0 Å². The average molecular weight is 238 g/mol. The topological polar surface area (TPSA) is 15.3 Å². The molecule has 2 heteroatoms. The van der Waals surface area contributed by atoms with E-state index in [2.05, 4.69) is 24.1 Å². The Labute approximate surface area is 107 Å². The van der Waals surface area contributed by atoms with E-state index in [1.807, 2.05) is 0 Å². The second-order valence-electron chi connectivity index (χ2n) is 6.06. The zero-order chi connectivity index (χ0) is 12.1. The molecule has 1 N–H and O–H groups in total. The molecule has 0 aromatic rings. The lowest BCUT2D eigenvalue weighted by atomic mass is 10.2. The molecule has 0 amide bonds. The Morgan fingerprint density at radius 2 is 1.88 bits per heavy atom. The molecule has 0 radical (unpaired) electrons. The lowest BCUT2D eigenvalue weighted by molar-refractivity contribution is 0.187. The molecular formula is C15H30N2. The zero-order valence-electron chi connectivity index (χ0n) is 11.8. The van der Waals surface area contributed by atoms with Crippen LogP contribution in [0.5, 0.6) is 0 Å². The van der Waals surface area contributed by atoms with Crippen molar-refractivity contribution in [3.05, 3.63) is 0 Å². The van der Waals surface area contributed by atoms with Crippen LogP contribution >= 0.6 is 0 Å². The van der Waals surface area contributed by atoms with E-state index in [4.69, 9.17) is 0 Å². The first kappa shape index (κ1) is 13.4. The highest BCUT2D eigenvalue weighted by atomic mass is 15.2. The van der Waals surface area contributed by atoms with Crippen LogP contribution in [0, 0.1) is 0 Å². The highest BCUT2D eigenvalue weighted by Crippen LogP contribution is 2.29. The van der Waals surface area contributed by atoms with Crippen molar-refractivity contribution in [1.29, 1.82) is 0 Å². The smallest absolute Gasteiger partial charge is 0.0195 e. The number of nitrogens with one attached hydrogen (secondary N) is 1. The van der Waals surface area contributed by atoms with Gasteiger partial charge >= 0.3 is 0 Å². The molecule has 2 saturated carbocycles. The number of unbranched alkanes of at least 4 members (excludes halogenated alkanes) is 1. The van der Waals surface area contributed by atoms with Crippen molar-refractivity contribution in [3.8, 4) is 0 Å². The van der Waals surface area contributed by atoms with Crippen molar-refractivity contribution in [1.82, 2.24) is 10.2 Å². The minimum Gasteiger partial charge on any atom is -0.312 e. The van der Waals surface area contributed by atoms with Gasteiger partial charge < -0.3 is 5.32 Å². The second-order valence-corrected chi connectivity index (χ2v) is 6.06. The third-order valence-corrected chi connectivity index (χ3v) is 4.41. The summed E-state index contributed by atoms with van der Waals surface area (Å²) in [7, 11) is 0. The van der Waals surface area contributed by atoms with E-state index in [-0.39, 0.29) is 0 Å². The molecular weight excluding hydrogens is 208 g/mol. The molecule has 0 aromatic heterocycles. The van der Waals surface area contributed by atoms with Crippen LogP contribution in [-0.2, 0) is 0 Å². The van der Waals surface area contributed by atoms with Gasteiger partial charge in [0.05, 0.1) is 0 Å². The molecule has 0 aromatic carbocycles. The molecule has 0 spiro atoms. The predicted molar refractivity (Wildman–Crippen MR) is 74.4 cm³/mol. The second kappa shape index (κ2) is 6.75. The number of hydrogen-bond acceptors (Lipinski definition) is 2. The largest absolute Gasteiger partial charge is 0.312 e. The van der Waals surface area contributed by atoms with Crippen molar-refractivity contribution >= 4 is 0 Å². The van der Waals surface area contributed by atoms with E-state index in [1.165, 1.54) is 64.5 Å². The van der Waals surface area contributed by atoms with E-state index in [9.17, 15) is 0 Å². The highest BCUT2D eigenvalue weighted by Gasteiger charge is 2.31. The van der Waals surface area contributed by atoms with Crippen LogP contribution in [0.15, 0.2) is 0 Å². The van der Waals surface area contributed by atoms with Gasteiger partial charge in [0.15, 0.2) is 0 Å². The Morgan fingerprint density at radius 1 is 1.18 bits per heavy atom. The van der Waals surface area contributed by atoms with E-state index in [0.717, 1.165) is 18.1 Å². The fourth-order valence-corrected chi connectivity index (χ4v) is 3.09. The highest BCUT2D eigenvalue weighted by molar-refractivity contribution is 4.88. The summed E-state index contributed by atoms with van der Waals surface area (Å²) < 4.78 is 0. The first-order chi connectivity index (χ1) is 8.31. The van der Waals surface area contributed by atoms with Crippen LogP contribution in [0.1, 0.15) is 65.2 Å². The van der Waals surface area contributed by atoms with Gasteiger partial charge in [-0.3, -0.25) is 4.90 Å². The standard InChI is InChI=1S/C15H30N2/c1-3-4-11-17(15-9-10-15)13(2)12-16-14-7-5-6-8-14/h13-16H,3-12H2,1-2H3. The van der Waals surface area contributed by atoms with Gasteiger partial charge in [-0.1, -0.05) is 26.2 Å². The van der Waals surface area contributed by atoms with Crippen molar-refractivity contribution in [2.24, 2.45) is 0 Å². The van der Waals surface area contributed by atoms with E-state index < -0.39 is 0 Å². The van der Waals surface area contributed by atoms with Gasteiger partial charge in [-0.2, -0.15) is 0 Å². The maximum atomic E-state index is 3.78. The normalized spacial score (nSPS) is 23.5. The van der Waals surface area contributed by atoms with E-state index in [0.29, 0.717) is 0 Å². The zero-order valence-corrected chi connectivity index (χ0v) is 11.8. The lowest BCUT2D eigenvalue weighted by Gasteiger charge is -2.30. The summed E-state index contributed by atoms with van der Waals surface area (Å²) in [6, 6.07) is 2.47. The molecule has 2 rings (SSSR count). The van der Waals surface area contributed by atoms with Gasteiger partial charge in [0, 0.05) is 24.7 Å². The van der Waals surface area contributed by atoms with Gasteiger partial charge in [-0.05, 0) is 45.6 Å².